The molecule has 0 N–H and O–H groups in total. The molecule has 0 atom stereocenters. The average molecular weight is 195 g/mol. The van der Waals surface area contributed by atoms with Crippen molar-refractivity contribution in [3.8, 4) is 0 Å². The van der Waals surface area contributed by atoms with E-state index in [0.29, 0.717) is 0 Å². The minimum atomic E-state index is -0.326. The topological polar surface area (TPSA) is 17.1 Å². The van der Waals surface area contributed by atoms with Gasteiger partial charge in [0.1, 0.15) is 5.78 Å². The number of carbonyl (C=O) groups excluding carboxylic acids is 1. The van der Waals surface area contributed by atoms with E-state index in [2.05, 4.69) is 15.9 Å². The predicted molar refractivity (Wildman–Crippen MR) is 45.0 cm³/mol. The number of ketones is 1. The van der Waals surface area contributed by atoms with Gasteiger partial charge in [0.05, 0.1) is 4.32 Å². The molecule has 9 heavy (non-hydrogen) atoms. The fraction of sp³-hybridized carbons (Fsp3) is 0.857. The second-order valence-corrected chi connectivity index (χ2v) is 4.01. The quantitative estimate of drug-likeness (QED) is 0.588. The third kappa shape index (κ3) is 8.15. The molecule has 0 aliphatic rings. The second-order valence-electron chi connectivity index (χ2n) is 2.03. The van der Waals surface area contributed by atoms with Gasteiger partial charge in [0, 0.05) is 0 Å². The predicted octanol–water partition coefficient (Wildman–Crippen LogP) is 2.78. The maximum absolute atomic E-state index is 10.4. The second kappa shape index (κ2) is 4.98. The SMILES string of the molecule is CC.CC(=O)C(C)(C)Br. The van der Waals surface area contributed by atoms with Gasteiger partial charge in [-0.2, -0.15) is 0 Å². The largest absolute Gasteiger partial charge is 0.298 e. The maximum Gasteiger partial charge on any atom is 0.145 e. The number of rotatable bonds is 1. The lowest BCUT2D eigenvalue weighted by Gasteiger charge is -2.08. The van der Waals surface area contributed by atoms with Gasteiger partial charge in [-0.1, -0.05) is 29.8 Å². The molecule has 0 aromatic rings. The molecule has 0 aromatic carbocycles. The number of alkyl halides is 1. The van der Waals surface area contributed by atoms with Crippen molar-refractivity contribution in [2.24, 2.45) is 0 Å². The summed E-state index contributed by atoms with van der Waals surface area (Å²) in [5.41, 5.74) is 0. The third-order valence-corrected chi connectivity index (χ3v) is 1.40. The smallest absolute Gasteiger partial charge is 0.145 e. The molecule has 0 radical (unpaired) electrons. The highest BCUT2D eigenvalue weighted by molar-refractivity contribution is 9.10. The molecular formula is C7H15BrO. The Morgan fingerprint density at radius 2 is 1.44 bits per heavy atom. The molecule has 2 heteroatoms. The first-order valence-corrected chi connectivity index (χ1v) is 3.94. The van der Waals surface area contributed by atoms with Gasteiger partial charge < -0.3 is 0 Å². The summed E-state index contributed by atoms with van der Waals surface area (Å²) in [5, 5.41) is 0. The Morgan fingerprint density at radius 1 is 1.33 bits per heavy atom. The van der Waals surface area contributed by atoms with Gasteiger partial charge in [-0.15, -0.1) is 0 Å². The van der Waals surface area contributed by atoms with Crippen LogP contribution >= 0.6 is 15.9 Å². The zero-order chi connectivity index (χ0) is 8.08. The van der Waals surface area contributed by atoms with E-state index in [0.717, 1.165) is 0 Å². The normalized spacial score (nSPS) is 9.56. The summed E-state index contributed by atoms with van der Waals surface area (Å²) in [6.07, 6.45) is 0. The highest BCUT2D eigenvalue weighted by atomic mass is 79.9. The molecule has 0 heterocycles. The fourth-order valence-electron chi connectivity index (χ4n) is 0. The van der Waals surface area contributed by atoms with Crippen molar-refractivity contribution < 1.29 is 4.79 Å². The average Bonchev–Trinajstić information content (AvgIpc) is 1.69. The lowest BCUT2D eigenvalue weighted by atomic mass is 10.1. The summed E-state index contributed by atoms with van der Waals surface area (Å²) < 4.78 is -0.326. The van der Waals surface area contributed by atoms with Crippen molar-refractivity contribution in [1.82, 2.24) is 0 Å². The van der Waals surface area contributed by atoms with E-state index < -0.39 is 0 Å². The van der Waals surface area contributed by atoms with Crippen molar-refractivity contribution in [3.63, 3.8) is 0 Å². The van der Waals surface area contributed by atoms with Crippen LogP contribution in [-0.4, -0.2) is 10.1 Å². The standard InChI is InChI=1S/C5H9BrO.C2H6/c1-4(7)5(2,3)6;1-2/h1-3H3;1-2H3. The molecule has 56 valence electrons. The van der Waals surface area contributed by atoms with Gasteiger partial charge in [-0.25, -0.2) is 0 Å². The third-order valence-electron chi connectivity index (χ3n) is 0.837. The zero-order valence-corrected chi connectivity index (χ0v) is 8.37. The molecule has 0 fully saturated rings. The Labute approximate surface area is 66.0 Å². The van der Waals surface area contributed by atoms with Crippen molar-refractivity contribution in [2.45, 2.75) is 38.9 Å². The van der Waals surface area contributed by atoms with Crippen molar-refractivity contribution in [1.29, 1.82) is 0 Å². The zero-order valence-electron chi connectivity index (χ0n) is 6.79. The van der Waals surface area contributed by atoms with Crippen molar-refractivity contribution in [2.75, 3.05) is 0 Å². The van der Waals surface area contributed by atoms with Crippen LogP contribution in [0.4, 0.5) is 0 Å². The van der Waals surface area contributed by atoms with E-state index in [1.54, 1.807) is 6.92 Å². The highest BCUT2D eigenvalue weighted by Crippen LogP contribution is 2.15. The van der Waals surface area contributed by atoms with E-state index in [9.17, 15) is 4.79 Å². The van der Waals surface area contributed by atoms with E-state index in [-0.39, 0.29) is 10.1 Å². The summed E-state index contributed by atoms with van der Waals surface area (Å²) in [5.74, 6) is 0.160. The lowest BCUT2D eigenvalue weighted by molar-refractivity contribution is -0.118. The van der Waals surface area contributed by atoms with Crippen LogP contribution in [0.3, 0.4) is 0 Å². The minimum absolute atomic E-state index is 0.160. The highest BCUT2D eigenvalue weighted by Gasteiger charge is 2.17. The van der Waals surface area contributed by atoms with E-state index in [1.807, 2.05) is 27.7 Å². The molecule has 1 nitrogen and oxygen atoms in total. The van der Waals surface area contributed by atoms with Crippen LogP contribution in [0, 0.1) is 0 Å². The van der Waals surface area contributed by atoms with E-state index >= 15 is 0 Å². The molecule has 0 aliphatic carbocycles. The lowest BCUT2D eigenvalue weighted by Crippen LogP contribution is -2.19. The van der Waals surface area contributed by atoms with Gasteiger partial charge in [-0.05, 0) is 20.8 Å². The summed E-state index contributed by atoms with van der Waals surface area (Å²) in [6, 6.07) is 0. The van der Waals surface area contributed by atoms with Crippen LogP contribution in [0.1, 0.15) is 34.6 Å². The number of hydrogen-bond donors (Lipinski definition) is 0. The first kappa shape index (κ1) is 11.9. The Bertz CT molecular complexity index is 81.4. The Kier molecular flexibility index (Phi) is 6.57. The molecule has 0 aromatic heterocycles. The molecule has 0 bridgehead atoms. The molecule has 0 unspecified atom stereocenters. The number of carbonyl (C=O) groups is 1. The minimum Gasteiger partial charge on any atom is -0.298 e. The first-order valence-electron chi connectivity index (χ1n) is 3.14. The Balaban J connectivity index is 0. The Hall–Kier alpha value is 0.150. The van der Waals surface area contributed by atoms with E-state index in [1.165, 1.54) is 0 Å². The fourth-order valence-corrected chi connectivity index (χ4v) is 0. The van der Waals surface area contributed by atoms with Crippen LogP contribution in [0.5, 0.6) is 0 Å². The van der Waals surface area contributed by atoms with E-state index in [4.69, 9.17) is 0 Å². The van der Waals surface area contributed by atoms with Gasteiger partial charge in [-0.3, -0.25) is 4.79 Å². The molecule has 0 rings (SSSR count). The molecule has 0 aliphatic heterocycles. The molecule has 0 amide bonds. The summed E-state index contributed by atoms with van der Waals surface area (Å²) >= 11 is 3.19. The van der Waals surface area contributed by atoms with Crippen LogP contribution in [0.15, 0.2) is 0 Å². The Morgan fingerprint density at radius 3 is 1.44 bits per heavy atom. The summed E-state index contributed by atoms with van der Waals surface area (Å²) in [6.45, 7) is 9.22. The van der Waals surface area contributed by atoms with Gasteiger partial charge >= 0.3 is 0 Å². The molecule has 0 saturated carbocycles. The van der Waals surface area contributed by atoms with Crippen LogP contribution in [-0.2, 0) is 4.79 Å². The molecule has 0 saturated heterocycles. The van der Waals surface area contributed by atoms with Crippen LogP contribution < -0.4 is 0 Å². The van der Waals surface area contributed by atoms with Gasteiger partial charge in [0.25, 0.3) is 0 Å². The van der Waals surface area contributed by atoms with Crippen LogP contribution in [0.2, 0.25) is 0 Å². The number of hydrogen-bond acceptors (Lipinski definition) is 1. The first-order chi connectivity index (χ1) is 3.94. The van der Waals surface area contributed by atoms with Gasteiger partial charge in [0.2, 0.25) is 0 Å². The maximum atomic E-state index is 10.4. The van der Waals surface area contributed by atoms with Crippen molar-refractivity contribution >= 4 is 21.7 Å². The van der Waals surface area contributed by atoms with Crippen molar-refractivity contribution in [3.05, 3.63) is 0 Å². The van der Waals surface area contributed by atoms with Gasteiger partial charge in [0.15, 0.2) is 0 Å². The van der Waals surface area contributed by atoms with Crippen LogP contribution in [0.25, 0.3) is 0 Å². The summed E-state index contributed by atoms with van der Waals surface area (Å²) in [4.78, 5) is 10.4. The molecular weight excluding hydrogens is 180 g/mol. The number of Topliss-reactive ketones (excluding diaryl/α,β-unsaturated/α-hetero) is 1. The molecule has 0 spiro atoms. The summed E-state index contributed by atoms with van der Waals surface area (Å²) in [7, 11) is 0. The number of halogens is 1. The monoisotopic (exact) mass is 194 g/mol.